The molecule has 0 saturated heterocycles. The van der Waals surface area contributed by atoms with Crippen molar-refractivity contribution in [2.24, 2.45) is 46.3 Å². The average Bonchev–Trinajstić information content (AvgIpc) is 3.26. The van der Waals surface area contributed by atoms with E-state index in [0.717, 1.165) is 19.3 Å². The quantitative estimate of drug-likeness (QED) is 0.224. The molecule has 0 heterocycles. The van der Waals surface area contributed by atoms with E-state index in [4.69, 9.17) is 4.74 Å². The Bertz CT molecular complexity index is 888. The number of rotatable bonds is 9. The van der Waals surface area contributed by atoms with Crippen LogP contribution < -0.4 is 5.32 Å². The molecule has 39 heavy (non-hydrogen) atoms. The van der Waals surface area contributed by atoms with Crippen LogP contribution in [0.15, 0.2) is 0 Å². The summed E-state index contributed by atoms with van der Waals surface area (Å²) in [4.78, 5) is 23.7. The van der Waals surface area contributed by atoms with Gasteiger partial charge in [0, 0.05) is 6.42 Å². The van der Waals surface area contributed by atoms with Crippen LogP contribution in [0.1, 0.15) is 78.6 Å². The van der Waals surface area contributed by atoms with Gasteiger partial charge in [0.25, 0.3) is 0 Å². The van der Waals surface area contributed by atoms with E-state index in [1.807, 2.05) is 0 Å². The van der Waals surface area contributed by atoms with E-state index in [1.54, 1.807) is 0 Å². The first-order valence-electron chi connectivity index (χ1n) is 14.7. The lowest BCUT2D eigenvalue weighted by Crippen LogP contribution is -2.62. The Hall–Kier alpha value is -1.46. The van der Waals surface area contributed by atoms with E-state index < -0.39 is 49.6 Å². The Morgan fingerprint density at radius 3 is 2.28 bits per heavy atom. The molecule has 4 rings (SSSR count). The van der Waals surface area contributed by atoms with Gasteiger partial charge in [0.15, 0.2) is 0 Å². The molecule has 4 saturated carbocycles. The summed E-state index contributed by atoms with van der Waals surface area (Å²) in [5, 5.41) is 63.3. The van der Waals surface area contributed by atoms with Gasteiger partial charge in [0.05, 0.1) is 32.0 Å². The number of aliphatic hydroxyl groups is 5. The standard InChI is InChI=1S/C29H49NO9/c1-16(4-7-24(36)37)19-5-6-20-25-21(12-23(35)28(19,20)3)27(2)9-8-18(10-17(27)11-22(25)34)39-26(38)30-29(13-31,14-32)15-33/h16-23,25,31-35H,4-15H2,1-3H3,(H,30,38)(H,36,37)/t16?,17-,18-,19?,20+,21?,22+,23?,25+,27?,28?/m1/s1. The summed E-state index contributed by atoms with van der Waals surface area (Å²) < 4.78 is 5.65. The summed E-state index contributed by atoms with van der Waals surface area (Å²) in [6.07, 6.45) is 3.62. The van der Waals surface area contributed by atoms with Gasteiger partial charge in [0.2, 0.25) is 0 Å². The molecule has 11 atom stereocenters. The van der Waals surface area contributed by atoms with E-state index >= 15 is 0 Å². The topological polar surface area (TPSA) is 177 Å². The Balaban J connectivity index is 1.46. The van der Waals surface area contributed by atoms with Crippen molar-refractivity contribution in [3.05, 3.63) is 0 Å². The van der Waals surface area contributed by atoms with Gasteiger partial charge >= 0.3 is 12.1 Å². The van der Waals surface area contributed by atoms with Crippen molar-refractivity contribution in [3.63, 3.8) is 0 Å². The van der Waals surface area contributed by atoms with E-state index in [1.165, 1.54) is 0 Å². The highest BCUT2D eigenvalue weighted by atomic mass is 16.6. The second-order valence-corrected chi connectivity index (χ2v) is 13.7. The summed E-state index contributed by atoms with van der Waals surface area (Å²) in [7, 11) is 0. The van der Waals surface area contributed by atoms with Crippen molar-refractivity contribution in [2.75, 3.05) is 19.8 Å². The first kappa shape index (κ1) is 30.5. The van der Waals surface area contributed by atoms with E-state index in [2.05, 4.69) is 26.1 Å². The molecular weight excluding hydrogens is 506 g/mol. The van der Waals surface area contributed by atoms with Crippen LogP contribution in [0.2, 0.25) is 0 Å². The summed E-state index contributed by atoms with van der Waals surface area (Å²) >= 11 is 0. The number of ether oxygens (including phenoxy) is 1. The minimum absolute atomic E-state index is 0.0800. The van der Waals surface area contributed by atoms with Gasteiger partial charge in [-0.15, -0.1) is 0 Å². The molecule has 0 spiro atoms. The zero-order valence-electron chi connectivity index (χ0n) is 23.6. The number of carbonyl (C=O) groups is 2. The molecule has 6 unspecified atom stereocenters. The fraction of sp³-hybridized carbons (Fsp3) is 0.931. The molecule has 7 N–H and O–H groups in total. The highest BCUT2D eigenvalue weighted by molar-refractivity contribution is 5.68. The minimum Gasteiger partial charge on any atom is -0.481 e. The maximum atomic E-state index is 12.5. The van der Waals surface area contributed by atoms with Crippen LogP contribution in [0.5, 0.6) is 0 Å². The van der Waals surface area contributed by atoms with Gasteiger partial charge in [-0.2, -0.15) is 0 Å². The molecule has 1 amide bonds. The number of amides is 1. The first-order valence-corrected chi connectivity index (χ1v) is 14.7. The molecule has 0 bridgehead atoms. The Kier molecular flexibility index (Phi) is 8.94. The Labute approximate surface area is 231 Å². The SMILES string of the molecule is CC(CCC(=O)O)C1CC[C@H]2[C@H]3C(CC(O)C12C)C1(C)CC[C@@H](OC(=O)NC(CO)(CO)CO)C[C@@H]1C[C@@H]3O. The smallest absolute Gasteiger partial charge is 0.408 e. The molecule has 0 aromatic heterocycles. The normalized spacial score (nSPS) is 42.6. The van der Waals surface area contributed by atoms with Gasteiger partial charge in [-0.05, 0) is 97.7 Å². The van der Waals surface area contributed by atoms with Crippen LogP contribution in [0.3, 0.4) is 0 Å². The number of nitrogens with one attached hydrogen (secondary N) is 1. The molecule has 10 nitrogen and oxygen atoms in total. The number of aliphatic carboxylic acids is 1. The van der Waals surface area contributed by atoms with Crippen LogP contribution >= 0.6 is 0 Å². The fourth-order valence-corrected chi connectivity index (χ4v) is 9.44. The molecular formula is C29H49NO9. The van der Waals surface area contributed by atoms with Crippen LogP contribution in [-0.2, 0) is 9.53 Å². The first-order chi connectivity index (χ1) is 18.3. The lowest BCUT2D eigenvalue weighted by molar-refractivity contribution is -0.207. The van der Waals surface area contributed by atoms with Crippen molar-refractivity contribution in [1.82, 2.24) is 5.32 Å². The van der Waals surface area contributed by atoms with Crippen molar-refractivity contribution < 1.29 is 45.0 Å². The van der Waals surface area contributed by atoms with Gasteiger partial charge in [-0.1, -0.05) is 20.8 Å². The zero-order valence-corrected chi connectivity index (χ0v) is 23.6. The van der Waals surface area contributed by atoms with Gasteiger partial charge in [0.1, 0.15) is 11.6 Å². The third-order valence-corrected chi connectivity index (χ3v) is 11.9. The summed E-state index contributed by atoms with van der Waals surface area (Å²) in [5.41, 5.74) is -2.01. The number of carboxylic acid groups (broad SMARTS) is 1. The van der Waals surface area contributed by atoms with Crippen molar-refractivity contribution in [2.45, 2.75) is 102 Å². The van der Waals surface area contributed by atoms with Crippen molar-refractivity contribution in [1.29, 1.82) is 0 Å². The van der Waals surface area contributed by atoms with Crippen LogP contribution in [-0.4, -0.2) is 86.4 Å². The maximum Gasteiger partial charge on any atom is 0.408 e. The number of fused-ring (bicyclic) bond motifs is 5. The third-order valence-electron chi connectivity index (χ3n) is 11.9. The van der Waals surface area contributed by atoms with E-state index in [0.29, 0.717) is 32.1 Å². The molecule has 0 aliphatic heterocycles. The summed E-state index contributed by atoms with van der Waals surface area (Å²) in [6.45, 7) is 4.66. The zero-order chi connectivity index (χ0) is 28.8. The lowest BCUT2D eigenvalue weighted by atomic mass is 9.43. The molecule has 10 heteroatoms. The van der Waals surface area contributed by atoms with E-state index in [-0.39, 0.29) is 58.9 Å². The predicted octanol–water partition coefficient (Wildman–Crippen LogP) is 1.90. The highest BCUT2D eigenvalue weighted by Crippen LogP contribution is 2.68. The van der Waals surface area contributed by atoms with Crippen LogP contribution in [0.4, 0.5) is 4.79 Å². The van der Waals surface area contributed by atoms with Gasteiger partial charge in [-0.3, -0.25) is 4.79 Å². The summed E-state index contributed by atoms with van der Waals surface area (Å²) in [6, 6.07) is 0. The molecule has 0 radical (unpaired) electrons. The largest absolute Gasteiger partial charge is 0.481 e. The number of carboxylic acids is 1. The average molecular weight is 556 g/mol. The maximum absolute atomic E-state index is 12.5. The van der Waals surface area contributed by atoms with Gasteiger partial charge in [-0.25, -0.2) is 4.79 Å². The number of carbonyl (C=O) groups excluding carboxylic acids is 1. The molecule has 4 aliphatic rings. The number of hydrogen-bond acceptors (Lipinski definition) is 8. The lowest BCUT2D eigenvalue weighted by Gasteiger charge is -2.63. The summed E-state index contributed by atoms with van der Waals surface area (Å²) in [5.74, 6) is 0.137. The third kappa shape index (κ3) is 5.32. The molecule has 0 aromatic carbocycles. The molecule has 0 aromatic rings. The predicted molar refractivity (Wildman–Crippen MR) is 141 cm³/mol. The van der Waals surface area contributed by atoms with E-state index in [9.17, 15) is 40.2 Å². The second kappa shape index (κ2) is 11.4. The molecule has 224 valence electrons. The second-order valence-electron chi connectivity index (χ2n) is 13.7. The van der Waals surface area contributed by atoms with Crippen LogP contribution in [0.25, 0.3) is 0 Å². The fourth-order valence-electron chi connectivity index (χ4n) is 9.44. The monoisotopic (exact) mass is 555 g/mol. The molecule has 4 fully saturated rings. The van der Waals surface area contributed by atoms with Gasteiger partial charge < -0.3 is 40.7 Å². The highest BCUT2D eigenvalue weighted by Gasteiger charge is 2.65. The Morgan fingerprint density at radius 2 is 1.67 bits per heavy atom. The number of aliphatic hydroxyl groups excluding tert-OH is 5. The Morgan fingerprint density at radius 1 is 1.00 bits per heavy atom. The minimum atomic E-state index is -1.55. The number of hydrogen-bond donors (Lipinski definition) is 7. The van der Waals surface area contributed by atoms with Crippen molar-refractivity contribution >= 4 is 12.1 Å². The molecule has 4 aliphatic carbocycles. The number of alkyl carbamates (subject to hydrolysis) is 1. The van der Waals surface area contributed by atoms with Crippen molar-refractivity contribution in [3.8, 4) is 0 Å². The van der Waals surface area contributed by atoms with Crippen LogP contribution in [0, 0.1) is 46.3 Å².